The van der Waals surface area contributed by atoms with Crippen molar-refractivity contribution < 1.29 is 18.5 Å². The summed E-state index contributed by atoms with van der Waals surface area (Å²) in [6.45, 7) is 0. The van der Waals surface area contributed by atoms with E-state index in [0.29, 0.717) is 0 Å². The van der Waals surface area contributed by atoms with E-state index in [1.807, 2.05) is 0 Å². The zero-order chi connectivity index (χ0) is 23.6. The van der Waals surface area contributed by atoms with E-state index in [1.165, 1.54) is 21.5 Å². The molecule has 0 unspecified atom stereocenters. The fourth-order valence-corrected chi connectivity index (χ4v) is 8.09. The van der Waals surface area contributed by atoms with Gasteiger partial charge in [0.15, 0.2) is 0 Å². The van der Waals surface area contributed by atoms with Gasteiger partial charge in [0, 0.05) is 14.2 Å². The van der Waals surface area contributed by atoms with Crippen LogP contribution in [0.3, 0.4) is 0 Å². The lowest BCUT2D eigenvalue weighted by Gasteiger charge is -2.27. The van der Waals surface area contributed by atoms with Gasteiger partial charge in [0.1, 0.15) is 23.2 Å². The van der Waals surface area contributed by atoms with Gasteiger partial charge in [0.25, 0.3) is 7.82 Å². The predicted octanol–water partition coefficient (Wildman–Crippen LogP) is 4.93. The van der Waals surface area contributed by atoms with Crippen LogP contribution in [0.2, 0.25) is 0 Å². The summed E-state index contributed by atoms with van der Waals surface area (Å²) in [6.07, 6.45) is 1.03. The Kier molecular flexibility index (Phi) is 9.14. The van der Waals surface area contributed by atoms with Crippen molar-refractivity contribution in [3.8, 4) is 0 Å². The molecule has 0 bridgehead atoms. The SMILES string of the molecule is COP(=O)([O-])OC.c1ccc(C[P+](c2ccccc2)(c2ccccc2)c2ccccc2)cc1. The summed E-state index contributed by atoms with van der Waals surface area (Å²) in [5, 5.41) is 4.30. The number of hydrogen-bond donors (Lipinski definition) is 0. The lowest BCUT2D eigenvalue weighted by molar-refractivity contribution is -0.220. The molecule has 0 amide bonds. The second-order valence-corrected chi connectivity index (χ2v) is 12.4. The zero-order valence-corrected chi connectivity index (χ0v) is 20.6. The third-order valence-corrected chi connectivity index (χ3v) is 10.6. The molecule has 170 valence electrons. The molecule has 0 N–H and O–H groups in total. The van der Waals surface area contributed by atoms with E-state index in [4.69, 9.17) is 0 Å². The van der Waals surface area contributed by atoms with Crippen LogP contribution >= 0.6 is 15.1 Å². The summed E-state index contributed by atoms with van der Waals surface area (Å²) >= 11 is 0. The molecule has 0 aliphatic heterocycles. The Morgan fingerprint density at radius 3 is 1.18 bits per heavy atom. The molecule has 0 aliphatic rings. The Morgan fingerprint density at radius 1 is 0.606 bits per heavy atom. The van der Waals surface area contributed by atoms with E-state index in [1.54, 1.807) is 0 Å². The van der Waals surface area contributed by atoms with Crippen molar-refractivity contribution >= 4 is 31.0 Å². The van der Waals surface area contributed by atoms with Crippen molar-refractivity contribution in [2.75, 3.05) is 14.2 Å². The molecule has 0 saturated heterocycles. The van der Waals surface area contributed by atoms with Crippen LogP contribution in [0.1, 0.15) is 5.56 Å². The fraction of sp³-hybridized carbons (Fsp3) is 0.111. The van der Waals surface area contributed by atoms with E-state index in [2.05, 4.69) is 130 Å². The molecule has 6 heteroatoms. The van der Waals surface area contributed by atoms with E-state index in [9.17, 15) is 9.46 Å². The van der Waals surface area contributed by atoms with Gasteiger partial charge in [0.05, 0.1) is 6.16 Å². The van der Waals surface area contributed by atoms with Crippen LogP contribution in [0.5, 0.6) is 0 Å². The molecule has 0 aliphatic carbocycles. The summed E-state index contributed by atoms with van der Waals surface area (Å²) in [6, 6.07) is 44.0. The van der Waals surface area contributed by atoms with Gasteiger partial charge in [-0.1, -0.05) is 84.9 Å². The average molecular weight is 478 g/mol. The highest BCUT2D eigenvalue weighted by atomic mass is 31.2. The first kappa shape index (κ1) is 25.1. The van der Waals surface area contributed by atoms with Gasteiger partial charge in [-0.3, -0.25) is 4.57 Å². The quantitative estimate of drug-likeness (QED) is 0.354. The molecule has 33 heavy (non-hydrogen) atoms. The van der Waals surface area contributed by atoms with E-state index >= 15 is 0 Å². The Labute approximate surface area is 196 Å². The average Bonchev–Trinajstić information content (AvgIpc) is 2.90. The molecule has 0 fully saturated rings. The molecule has 0 aromatic heterocycles. The van der Waals surface area contributed by atoms with Crippen molar-refractivity contribution in [3.05, 3.63) is 127 Å². The predicted molar refractivity (Wildman–Crippen MR) is 137 cm³/mol. The largest absolute Gasteiger partial charge is 0.756 e. The first-order valence-electron chi connectivity index (χ1n) is 10.5. The maximum atomic E-state index is 9.95. The summed E-state index contributed by atoms with van der Waals surface area (Å²) < 4.78 is 17.7. The fourth-order valence-electron chi connectivity index (χ4n) is 3.70. The highest BCUT2D eigenvalue weighted by Crippen LogP contribution is 2.58. The Bertz CT molecular complexity index is 1030. The highest BCUT2D eigenvalue weighted by molar-refractivity contribution is 7.95. The number of rotatable bonds is 7. The summed E-state index contributed by atoms with van der Waals surface area (Å²) in [5.41, 5.74) is 1.39. The summed E-state index contributed by atoms with van der Waals surface area (Å²) in [7, 11) is -3.60. The Morgan fingerprint density at radius 2 is 0.909 bits per heavy atom. The van der Waals surface area contributed by atoms with E-state index < -0.39 is 15.1 Å². The molecule has 4 rings (SSSR count). The first-order valence-corrected chi connectivity index (χ1v) is 14.0. The molecule has 0 heterocycles. The molecular formula is C27H28O4P2. The normalized spacial score (nSPS) is 11.4. The van der Waals surface area contributed by atoms with Gasteiger partial charge in [-0.2, -0.15) is 0 Å². The van der Waals surface area contributed by atoms with E-state index in [-0.39, 0.29) is 0 Å². The van der Waals surface area contributed by atoms with Crippen molar-refractivity contribution in [1.29, 1.82) is 0 Å². The molecule has 4 aromatic rings. The van der Waals surface area contributed by atoms with Crippen molar-refractivity contribution in [2.45, 2.75) is 6.16 Å². The van der Waals surface area contributed by atoms with Crippen LogP contribution in [-0.2, 0) is 19.8 Å². The standard InChI is InChI=1S/C25H22P.C2H7O4P/c1-5-13-22(14-6-1)21-26(23-15-7-2-8-16-23,24-17-9-3-10-18-24)25-19-11-4-12-20-25;1-5-7(3,4)6-2/h1-20H,21H2;1-2H3,(H,3,4)/q+1;/p-1. The summed E-state index contributed by atoms with van der Waals surface area (Å²) in [4.78, 5) is 9.95. The lowest BCUT2D eigenvalue weighted by Crippen LogP contribution is -2.32. The number of hydrogen-bond acceptors (Lipinski definition) is 4. The molecule has 4 nitrogen and oxygen atoms in total. The third kappa shape index (κ3) is 6.48. The Balaban J connectivity index is 0.000000383. The Hall–Kier alpha value is -2.58. The molecule has 0 radical (unpaired) electrons. The van der Waals surface area contributed by atoms with Crippen molar-refractivity contribution in [3.63, 3.8) is 0 Å². The zero-order valence-electron chi connectivity index (χ0n) is 18.8. The van der Waals surface area contributed by atoms with Crippen molar-refractivity contribution in [1.82, 2.24) is 0 Å². The van der Waals surface area contributed by atoms with Gasteiger partial charge in [-0.25, -0.2) is 0 Å². The van der Waals surface area contributed by atoms with Crippen LogP contribution in [-0.4, -0.2) is 14.2 Å². The van der Waals surface area contributed by atoms with Gasteiger partial charge >= 0.3 is 0 Å². The monoisotopic (exact) mass is 478 g/mol. The molecule has 0 atom stereocenters. The van der Waals surface area contributed by atoms with Gasteiger partial charge in [-0.15, -0.1) is 0 Å². The number of benzene rings is 4. The van der Waals surface area contributed by atoms with Crippen LogP contribution in [0, 0.1) is 0 Å². The molecule has 0 spiro atoms. The van der Waals surface area contributed by atoms with Gasteiger partial charge in [0.2, 0.25) is 0 Å². The molecule has 0 saturated carbocycles. The molecule has 4 aromatic carbocycles. The first-order chi connectivity index (χ1) is 16.0. The smallest absolute Gasteiger partial charge is 0.267 e. The van der Waals surface area contributed by atoms with Crippen molar-refractivity contribution in [2.24, 2.45) is 0 Å². The highest BCUT2D eigenvalue weighted by Gasteiger charge is 2.45. The summed E-state index contributed by atoms with van der Waals surface area (Å²) in [5.74, 6) is 0. The van der Waals surface area contributed by atoms with Crippen LogP contribution in [0.15, 0.2) is 121 Å². The van der Waals surface area contributed by atoms with Crippen LogP contribution in [0.25, 0.3) is 0 Å². The topological polar surface area (TPSA) is 58.6 Å². The van der Waals surface area contributed by atoms with Crippen LogP contribution < -0.4 is 20.8 Å². The second kappa shape index (κ2) is 12.0. The molecular weight excluding hydrogens is 450 g/mol. The number of phosphoric acid groups is 1. The number of phosphoric ester groups is 1. The minimum atomic E-state index is -3.90. The van der Waals surface area contributed by atoms with E-state index in [0.717, 1.165) is 20.4 Å². The lowest BCUT2D eigenvalue weighted by atomic mass is 10.2. The third-order valence-electron chi connectivity index (χ3n) is 5.30. The van der Waals surface area contributed by atoms with Crippen LogP contribution in [0.4, 0.5) is 0 Å². The minimum Gasteiger partial charge on any atom is -0.756 e. The maximum absolute atomic E-state index is 9.95. The second-order valence-electron chi connectivity index (χ2n) is 7.27. The van der Waals surface area contributed by atoms with Gasteiger partial charge < -0.3 is 13.9 Å². The maximum Gasteiger partial charge on any atom is 0.267 e. The minimum absolute atomic E-state index is 1.03. The van der Waals surface area contributed by atoms with Gasteiger partial charge in [-0.05, 0) is 42.0 Å².